The highest BCUT2D eigenvalue weighted by atomic mass is 19.1. The summed E-state index contributed by atoms with van der Waals surface area (Å²) in [5.74, 6) is -0.769. The molecule has 2 N–H and O–H groups in total. The van der Waals surface area contributed by atoms with Gasteiger partial charge < -0.3 is 5.73 Å². The van der Waals surface area contributed by atoms with E-state index in [9.17, 15) is 8.78 Å². The summed E-state index contributed by atoms with van der Waals surface area (Å²) in [6, 6.07) is 3.29. The minimum atomic E-state index is -0.580. The summed E-state index contributed by atoms with van der Waals surface area (Å²) < 4.78 is 27.1. The molecule has 0 heterocycles. The zero-order valence-corrected chi connectivity index (χ0v) is 11.6. The third-order valence-electron chi connectivity index (χ3n) is 2.99. The summed E-state index contributed by atoms with van der Waals surface area (Å²) in [5, 5.41) is 0. The van der Waals surface area contributed by atoms with Gasteiger partial charge in [-0.2, -0.15) is 0 Å². The lowest BCUT2D eigenvalue weighted by molar-refractivity contribution is 0.284. The SMILES string of the molecule is CC(CC(N)c1c(F)cccc1F)CC(C)(C)C. The van der Waals surface area contributed by atoms with E-state index in [2.05, 4.69) is 27.7 Å². The maximum absolute atomic E-state index is 13.6. The summed E-state index contributed by atoms with van der Waals surface area (Å²) in [5.41, 5.74) is 6.15. The standard InChI is InChI=1S/C15H23F2N/c1-10(9-15(2,3)4)8-13(18)14-11(16)6-5-7-12(14)17/h5-7,10,13H,8-9,18H2,1-4H3. The largest absolute Gasteiger partial charge is 0.324 e. The molecule has 2 atom stereocenters. The van der Waals surface area contributed by atoms with Crippen LogP contribution in [0, 0.1) is 23.0 Å². The Kier molecular flexibility index (Phi) is 4.85. The second kappa shape index (κ2) is 5.79. The zero-order valence-electron chi connectivity index (χ0n) is 11.6. The normalized spacial score (nSPS) is 15.5. The predicted octanol–water partition coefficient (Wildman–Crippen LogP) is 4.43. The van der Waals surface area contributed by atoms with Crippen molar-refractivity contribution in [3.05, 3.63) is 35.4 Å². The van der Waals surface area contributed by atoms with Gasteiger partial charge in [-0.15, -0.1) is 0 Å². The molecule has 2 unspecified atom stereocenters. The van der Waals surface area contributed by atoms with Crippen LogP contribution < -0.4 is 5.73 Å². The Balaban J connectivity index is 2.74. The molecule has 1 aromatic carbocycles. The second-order valence-electron chi connectivity index (χ2n) is 6.35. The average molecular weight is 255 g/mol. The van der Waals surface area contributed by atoms with Gasteiger partial charge in [0.05, 0.1) is 0 Å². The first-order valence-corrected chi connectivity index (χ1v) is 6.40. The first kappa shape index (κ1) is 15.1. The van der Waals surface area contributed by atoms with Crippen molar-refractivity contribution in [1.29, 1.82) is 0 Å². The van der Waals surface area contributed by atoms with Crippen molar-refractivity contribution < 1.29 is 8.78 Å². The van der Waals surface area contributed by atoms with Crippen LogP contribution >= 0.6 is 0 Å². The van der Waals surface area contributed by atoms with Crippen LogP contribution in [0.25, 0.3) is 0 Å². The Hall–Kier alpha value is -0.960. The molecule has 3 heteroatoms. The lowest BCUT2D eigenvalue weighted by atomic mass is 9.82. The molecule has 0 aromatic heterocycles. The van der Waals surface area contributed by atoms with Crippen molar-refractivity contribution in [2.45, 2.75) is 46.6 Å². The van der Waals surface area contributed by atoms with Gasteiger partial charge in [0.1, 0.15) is 11.6 Å². The van der Waals surface area contributed by atoms with Crippen molar-refractivity contribution in [3.63, 3.8) is 0 Å². The van der Waals surface area contributed by atoms with Gasteiger partial charge in [0.25, 0.3) is 0 Å². The molecular weight excluding hydrogens is 232 g/mol. The average Bonchev–Trinajstić information content (AvgIpc) is 2.13. The fraction of sp³-hybridized carbons (Fsp3) is 0.600. The van der Waals surface area contributed by atoms with Crippen LogP contribution in [-0.4, -0.2) is 0 Å². The molecule has 0 bridgehead atoms. The Labute approximate surface area is 108 Å². The second-order valence-corrected chi connectivity index (χ2v) is 6.35. The molecule has 0 saturated heterocycles. The van der Waals surface area contributed by atoms with Crippen LogP contribution in [0.2, 0.25) is 0 Å². The van der Waals surface area contributed by atoms with Gasteiger partial charge in [-0.05, 0) is 36.3 Å². The van der Waals surface area contributed by atoms with E-state index in [0.29, 0.717) is 12.3 Å². The highest BCUT2D eigenvalue weighted by Crippen LogP contribution is 2.31. The van der Waals surface area contributed by atoms with E-state index in [1.807, 2.05) is 0 Å². The molecule has 0 spiro atoms. The van der Waals surface area contributed by atoms with Crippen LogP contribution in [-0.2, 0) is 0 Å². The first-order chi connectivity index (χ1) is 8.20. The molecule has 1 nitrogen and oxygen atoms in total. The number of hydrogen-bond donors (Lipinski definition) is 1. The van der Waals surface area contributed by atoms with Crippen LogP contribution in [0.4, 0.5) is 8.78 Å². The maximum Gasteiger partial charge on any atom is 0.130 e. The molecule has 0 aliphatic heterocycles. The van der Waals surface area contributed by atoms with E-state index in [1.54, 1.807) is 0 Å². The molecule has 0 saturated carbocycles. The van der Waals surface area contributed by atoms with Gasteiger partial charge in [-0.1, -0.05) is 33.8 Å². The molecule has 1 aromatic rings. The Morgan fingerprint density at radius 3 is 2.11 bits per heavy atom. The fourth-order valence-electron chi connectivity index (χ4n) is 2.54. The van der Waals surface area contributed by atoms with Gasteiger partial charge in [0.2, 0.25) is 0 Å². The van der Waals surface area contributed by atoms with E-state index >= 15 is 0 Å². The first-order valence-electron chi connectivity index (χ1n) is 6.40. The summed E-state index contributed by atoms with van der Waals surface area (Å²) in [7, 11) is 0. The van der Waals surface area contributed by atoms with Gasteiger partial charge in [-0.25, -0.2) is 8.78 Å². The number of halogens is 2. The number of rotatable bonds is 4. The van der Waals surface area contributed by atoms with E-state index in [4.69, 9.17) is 5.73 Å². The molecule has 0 fully saturated rings. The number of benzene rings is 1. The highest BCUT2D eigenvalue weighted by molar-refractivity contribution is 5.23. The third kappa shape index (κ3) is 4.37. The minimum Gasteiger partial charge on any atom is -0.324 e. The lowest BCUT2D eigenvalue weighted by Crippen LogP contribution is -2.20. The smallest absolute Gasteiger partial charge is 0.130 e. The van der Waals surface area contributed by atoms with Gasteiger partial charge in [0, 0.05) is 11.6 Å². The molecule has 0 amide bonds. The Bertz CT molecular complexity index is 376. The Morgan fingerprint density at radius 2 is 1.67 bits per heavy atom. The topological polar surface area (TPSA) is 26.0 Å². The van der Waals surface area contributed by atoms with Crippen molar-refractivity contribution >= 4 is 0 Å². The summed E-state index contributed by atoms with van der Waals surface area (Å²) in [6.07, 6.45) is 1.58. The van der Waals surface area contributed by atoms with E-state index in [1.165, 1.54) is 18.2 Å². The van der Waals surface area contributed by atoms with Crippen LogP contribution in [0.15, 0.2) is 18.2 Å². The van der Waals surface area contributed by atoms with Gasteiger partial charge in [-0.3, -0.25) is 0 Å². The maximum atomic E-state index is 13.6. The van der Waals surface area contributed by atoms with Crippen molar-refractivity contribution in [1.82, 2.24) is 0 Å². The van der Waals surface area contributed by atoms with E-state index < -0.39 is 17.7 Å². The van der Waals surface area contributed by atoms with Crippen LogP contribution in [0.3, 0.4) is 0 Å². The van der Waals surface area contributed by atoms with E-state index in [-0.39, 0.29) is 11.0 Å². The minimum absolute atomic E-state index is 0.0123. The monoisotopic (exact) mass is 255 g/mol. The summed E-state index contributed by atoms with van der Waals surface area (Å²) in [4.78, 5) is 0. The van der Waals surface area contributed by atoms with Crippen molar-refractivity contribution in [3.8, 4) is 0 Å². The number of hydrogen-bond acceptors (Lipinski definition) is 1. The molecule has 0 aliphatic rings. The fourth-order valence-corrected chi connectivity index (χ4v) is 2.54. The van der Waals surface area contributed by atoms with E-state index in [0.717, 1.165) is 6.42 Å². The number of nitrogens with two attached hydrogens (primary N) is 1. The molecule has 0 aliphatic carbocycles. The van der Waals surface area contributed by atoms with Crippen molar-refractivity contribution in [2.75, 3.05) is 0 Å². The molecule has 18 heavy (non-hydrogen) atoms. The quantitative estimate of drug-likeness (QED) is 0.846. The Morgan fingerprint density at radius 1 is 1.17 bits per heavy atom. The summed E-state index contributed by atoms with van der Waals surface area (Å²) >= 11 is 0. The van der Waals surface area contributed by atoms with Crippen LogP contribution in [0.5, 0.6) is 0 Å². The van der Waals surface area contributed by atoms with Gasteiger partial charge in [0.15, 0.2) is 0 Å². The zero-order chi connectivity index (χ0) is 13.9. The highest BCUT2D eigenvalue weighted by Gasteiger charge is 2.21. The molecule has 102 valence electrons. The predicted molar refractivity (Wildman–Crippen MR) is 71.1 cm³/mol. The van der Waals surface area contributed by atoms with Crippen molar-refractivity contribution in [2.24, 2.45) is 17.1 Å². The third-order valence-corrected chi connectivity index (χ3v) is 2.99. The summed E-state index contributed by atoms with van der Waals surface area (Å²) in [6.45, 7) is 8.53. The molecular formula is C15H23F2N. The van der Waals surface area contributed by atoms with Crippen LogP contribution in [0.1, 0.15) is 52.1 Å². The lowest BCUT2D eigenvalue weighted by Gasteiger charge is -2.25. The molecule has 0 radical (unpaired) electrons. The van der Waals surface area contributed by atoms with Gasteiger partial charge >= 0.3 is 0 Å². The molecule has 1 rings (SSSR count).